The standard InChI is InChI=1S/C19H36N2O9/c1-3-4-10(23)11(24)6-8-5-9(20)18(15(27)13(8)25)30-19-12(21)14(26)16(28)17(29-19)7(2)22/h7-10,12-19,22-23,25-28H,3-6,20-21H2,1-2H3/t7-,8+,9?,10+,12?,13?,14-,15-,16+,17?,18-,19-/m1/s1. The van der Waals surface area contributed by atoms with Gasteiger partial charge in [0.05, 0.1) is 18.2 Å². The number of Topliss-reactive ketones (excluding diaryl/α,β-unsaturated/α-hetero) is 1. The molecule has 1 saturated heterocycles. The van der Waals surface area contributed by atoms with Gasteiger partial charge in [-0.3, -0.25) is 4.79 Å². The molecule has 1 heterocycles. The van der Waals surface area contributed by atoms with Gasteiger partial charge in [-0.2, -0.15) is 0 Å². The van der Waals surface area contributed by atoms with E-state index < -0.39 is 78.9 Å². The van der Waals surface area contributed by atoms with Crippen LogP contribution in [0.5, 0.6) is 0 Å². The molecular weight excluding hydrogens is 400 g/mol. The lowest BCUT2D eigenvalue weighted by Gasteiger charge is -2.46. The Labute approximate surface area is 175 Å². The fraction of sp³-hybridized carbons (Fsp3) is 0.947. The molecule has 0 aromatic rings. The largest absolute Gasteiger partial charge is 0.391 e. The minimum atomic E-state index is -1.47. The molecule has 11 heteroatoms. The van der Waals surface area contributed by atoms with Gasteiger partial charge in [0.25, 0.3) is 0 Å². The van der Waals surface area contributed by atoms with E-state index in [1.54, 1.807) is 0 Å². The molecule has 0 radical (unpaired) electrons. The Balaban J connectivity index is 2.05. The van der Waals surface area contributed by atoms with Gasteiger partial charge in [-0.05, 0) is 25.7 Å². The molecule has 1 aliphatic carbocycles. The van der Waals surface area contributed by atoms with Gasteiger partial charge in [-0.15, -0.1) is 0 Å². The zero-order chi connectivity index (χ0) is 22.7. The second-order valence-electron chi connectivity index (χ2n) is 8.48. The van der Waals surface area contributed by atoms with Gasteiger partial charge >= 0.3 is 0 Å². The molecule has 0 aromatic heterocycles. The maximum absolute atomic E-state index is 12.1. The molecule has 12 atom stereocenters. The van der Waals surface area contributed by atoms with E-state index in [4.69, 9.17) is 20.9 Å². The Bertz CT molecular complexity index is 566. The summed E-state index contributed by atoms with van der Waals surface area (Å²) in [7, 11) is 0. The molecule has 0 aromatic carbocycles. The first-order valence-corrected chi connectivity index (χ1v) is 10.4. The Hall–Kier alpha value is -0.730. The summed E-state index contributed by atoms with van der Waals surface area (Å²) in [6.45, 7) is 3.21. The molecular formula is C19H36N2O9. The lowest BCUT2D eigenvalue weighted by molar-refractivity contribution is -0.302. The molecule has 2 fully saturated rings. The van der Waals surface area contributed by atoms with E-state index in [2.05, 4.69) is 0 Å². The molecule has 11 nitrogen and oxygen atoms in total. The quantitative estimate of drug-likeness (QED) is 0.189. The first-order chi connectivity index (χ1) is 14.0. The predicted molar refractivity (Wildman–Crippen MR) is 104 cm³/mol. The van der Waals surface area contributed by atoms with Crippen molar-refractivity contribution in [3.63, 3.8) is 0 Å². The van der Waals surface area contributed by atoms with Gasteiger partial charge in [0.2, 0.25) is 0 Å². The summed E-state index contributed by atoms with van der Waals surface area (Å²) < 4.78 is 11.2. The number of aliphatic hydroxyl groups excluding tert-OH is 6. The van der Waals surface area contributed by atoms with Gasteiger partial charge in [0, 0.05) is 12.5 Å². The van der Waals surface area contributed by atoms with E-state index in [0.29, 0.717) is 12.8 Å². The minimum Gasteiger partial charge on any atom is -0.391 e. The van der Waals surface area contributed by atoms with Crippen LogP contribution in [-0.2, 0) is 14.3 Å². The summed E-state index contributed by atoms with van der Waals surface area (Å²) in [5.41, 5.74) is 12.0. The lowest BCUT2D eigenvalue weighted by Crippen LogP contribution is -2.66. The molecule has 0 bridgehead atoms. The molecule has 1 aliphatic heterocycles. The van der Waals surface area contributed by atoms with Crippen molar-refractivity contribution in [2.75, 3.05) is 0 Å². The monoisotopic (exact) mass is 436 g/mol. The van der Waals surface area contributed by atoms with Crippen molar-refractivity contribution < 1.29 is 44.9 Å². The number of aliphatic hydroxyl groups is 6. The Morgan fingerprint density at radius 2 is 1.73 bits per heavy atom. The highest BCUT2D eigenvalue weighted by Crippen LogP contribution is 2.32. The van der Waals surface area contributed by atoms with Crippen LogP contribution in [-0.4, -0.2) is 104 Å². The maximum Gasteiger partial charge on any atom is 0.176 e. The summed E-state index contributed by atoms with van der Waals surface area (Å²) in [5, 5.41) is 60.8. The summed E-state index contributed by atoms with van der Waals surface area (Å²) >= 11 is 0. The lowest BCUT2D eigenvalue weighted by atomic mass is 9.76. The van der Waals surface area contributed by atoms with Gasteiger partial charge in [-0.1, -0.05) is 13.3 Å². The second-order valence-corrected chi connectivity index (χ2v) is 8.48. The Morgan fingerprint density at radius 3 is 2.30 bits per heavy atom. The third kappa shape index (κ3) is 5.54. The van der Waals surface area contributed by atoms with Crippen LogP contribution in [0.25, 0.3) is 0 Å². The van der Waals surface area contributed by atoms with Crippen molar-refractivity contribution in [2.24, 2.45) is 17.4 Å². The van der Waals surface area contributed by atoms with Crippen LogP contribution in [0.15, 0.2) is 0 Å². The predicted octanol–water partition coefficient (Wildman–Crippen LogP) is -3.28. The highest BCUT2D eigenvalue weighted by molar-refractivity contribution is 5.83. The number of carbonyl (C=O) groups is 1. The summed E-state index contributed by atoms with van der Waals surface area (Å²) in [6, 6.07) is -1.98. The molecule has 1 saturated carbocycles. The molecule has 176 valence electrons. The van der Waals surface area contributed by atoms with Crippen molar-refractivity contribution in [1.82, 2.24) is 0 Å². The third-order valence-corrected chi connectivity index (χ3v) is 6.02. The number of hydrogen-bond donors (Lipinski definition) is 8. The van der Waals surface area contributed by atoms with Crippen LogP contribution in [0.4, 0.5) is 0 Å². The van der Waals surface area contributed by atoms with Crippen LogP contribution in [0.3, 0.4) is 0 Å². The third-order valence-electron chi connectivity index (χ3n) is 6.02. The number of carbonyl (C=O) groups excluding carboxylic acids is 1. The summed E-state index contributed by atoms with van der Waals surface area (Å²) in [5.74, 6) is -1.08. The SMILES string of the molecule is CCC[C@H](O)C(=O)C[C@@H]1CC(N)[C@@H](O[C@H]2OC([C@@H](C)O)[C@@H](O)[C@H](O)C2N)[C@H](O)C1O. The minimum absolute atomic E-state index is 0.131. The van der Waals surface area contributed by atoms with E-state index >= 15 is 0 Å². The molecule has 30 heavy (non-hydrogen) atoms. The molecule has 2 rings (SSSR count). The first-order valence-electron chi connectivity index (χ1n) is 10.4. The van der Waals surface area contributed by atoms with Crippen molar-refractivity contribution in [3.05, 3.63) is 0 Å². The van der Waals surface area contributed by atoms with E-state index in [1.807, 2.05) is 6.92 Å². The van der Waals surface area contributed by atoms with Crippen LogP contribution >= 0.6 is 0 Å². The van der Waals surface area contributed by atoms with Gasteiger partial charge < -0.3 is 51.6 Å². The number of nitrogens with two attached hydrogens (primary N) is 2. The number of rotatable bonds is 8. The zero-order valence-corrected chi connectivity index (χ0v) is 17.3. The maximum atomic E-state index is 12.1. The van der Waals surface area contributed by atoms with Crippen molar-refractivity contribution in [3.8, 4) is 0 Å². The highest BCUT2D eigenvalue weighted by Gasteiger charge is 2.49. The van der Waals surface area contributed by atoms with Crippen LogP contribution in [0, 0.1) is 5.92 Å². The van der Waals surface area contributed by atoms with Gasteiger partial charge in [0.15, 0.2) is 12.1 Å². The van der Waals surface area contributed by atoms with Gasteiger partial charge in [-0.25, -0.2) is 0 Å². The zero-order valence-electron chi connectivity index (χ0n) is 17.3. The molecule has 4 unspecified atom stereocenters. The second kappa shape index (κ2) is 10.7. The molecule has 0 spiro atoms. The van der Waals surface area contributed by atoms with Crippen LogP contribution in [0.2, 0.25) is 0 Å². The van der Waals surface area contributed by atoms with Crippen molar-refractivity contribution >= 4 is 5.78 Å². The molecule has 10 N–H and O–H groups in total. The average Bonchev–Trinajstić information content (AvgIpc) is 2.68. The van der Waals surface area contributed by atoms with Crippen molar-refractivity contribution in [2.45, 2.75) is 107 Å². The Kier molecular flexibility index (Phi) is 9.13. The van der Waals surface area contributed by atoms with Crippen LogP contribution in [0.1, 0.15) is 39.5 Å². The van der Waals surface area contributed by atoms with Crippen LogP contribution < -0.4 is 11.5 Å². The molecule has 0 amide bonds. The number of ether oxygens (including phenoxy) is 2. The van der Waals surface area contributed by atoms with E-state index in [1.165, 1.54) is 6.92 Å². The Morgan fingerprint density at radius 1 is 1.10 bits per heavy atom. The van der Waals surface area contributed by atoms with Crippen molar-refractivity contribution in [1.29, 1.82) is 0 Å². The highest BCUT2D eigenvalue weighted by atomic mass is 16.7. The fourth-order valence-corrected chi connectivity index (χ4v) is 4.15. The van der Waals surface area contributed by atoms with E-state index in [-0.39, 0.29) is 12.8 Å². The summed E-state index contributed by atoms with van der Waals surface area (Å²) in [4.78, 5) is 12.1. The smallest absolute Gasteiger partial charge is 0.176 e. The molecule has 2 aliphatic rings. The first kappa shape index (κ1) is 25.5. The van der Waals surface area contributed by atoms with E-state index in [0.717, 1.165) is 0 Å². The average molecular weight is 437 g/mol. The fourth-order valence-electron chi connectivity index (χ4n) is 4.15. The van der Waals surface area contributed by atoms with Gasteiger partial charge in [0.1, 0.15) is 36.6 Å². The number of hydrogen-bond acceptors (Lipinski definition) is 11. The number of ketones is 1. The van der Waals surface area contributed by atoms with E-state index in [9.17, 15) is 35.4 Å². The summed E-state index contributed by atoms with van der Waals surface area (Å²) in [6.07, 6.45) is -10.6. The topological polar surface area (TPSA) is 209 Å². The normalized spacial score (nSPS) is 44.5.